The van der Waals surface area contributed by atoms with Crippen molar-refractivity contribution in [2.24, 2.45) is 0 Å². The zero-order valence-electron chi connectivity index (χ0n) is 31.2. The van der Waals surface area contributed by atoms with Crippen molar-refractivity contribution >= 4 is 22.1 Å². The van der Waals surface area contributed by atoms with Gasteiger partial charge in [-0.3, -0.25) is 0 Å². The molecule has 0 saturated heterocycles. The normalized spacial score (nSPS) is 12.6. The summed E-state index contributed by atoms with van der Waals surface area (Å²) >= 11 is 0. The molecule has 57 heavy (non-hydrogen) atoms. The number of rotatable bonds is 0. The van der Waals surface area contributed by atoms with Gasteiger partial charge in [-0.05, 0) is 99.1 Å². The van der Waals surface area contributed by atoms with Crippen molar-refractivity contribution < 1.29 is 13.6 Å². The summed E-state index contributed by atoms with van der Waals surface area (Å²) in [6.45, 7) is 3.04. The summed E-state index contributed by atoms with van der Waals surface area (Å²) in [5.41, 5.74) is 16.3. The zero-order chi connectivity index (χ0) is 37.7. The lowest BCUT2D eigenvalue weighted by Gasteiger charge is -2.08. The minimum absolute atomic E-state index is 0.507. The van der Waals surface area contributed by atoms with E-state index in [1.807, 2.05) is 0 Å². The van der Waals surface area contributed by atoms with Gasteiger partial charge in [0.25, 0.3) is 0 Å². The van der Waals surface area contributed by atoms with E-state index in [1.54, 1.807) is 0 Å². The van der Waals surface area contributed by atoms with E-state index < -0.39 is 0 Å². The molecule has 17 rings (SSSR count). The fourth-order valence-electron chi connectivity index (χ4n) is 8.22. The maximum Gasteiger partial charge on any atom is 0.248 e. The smallest absolute Gasteiger partial charge is 0.248 e. The molecule has 16 bridgehead atoms. The number of benzene rings is 7. The van der Waals surface area contributed by atoms with Crippen molar-refractivity contribution in [2.75, 3.05) is 0 Å². The van der Waals surface area contributed by atoms with E-state index in [0.29, 0.717) is 11.8 Å². The first kappa shape index (κ1) is 33.0. The molecular formula is C50H38N6O+2. The van der Waals surface area contributed by atoms with Crippen molar-refractivity contribution in [1.29, 1.82) is 0 Å². The third-order valence-electron chi connectivity index (χ3n) is 11.2. The third kappa shape index (κ3) is 6.29. The van der Waals surface area contributed by atoms with Crippen LogP contribution in [-0.4, -0.2) is 19.3 Å². The Bertz CT molecular complexity index is 2840. The summed E-state index contributed by atoms with van der Waals surface area (Å²) in [6, 6.07) is 61.0. The highest BCUT2D eigenvalue weighted by molar-refractivity contribution is 5.74. The van der Waals surface area contributed by atoms with Crippen LogP contribution in [0.2, 0.25) is 0 Å². The molecule has 0 amide bonds. The Morgan fingerprint density at radius 2 is 0.789 bits per heavy atom. The van der Waals surface area contributed by atoms with Crippen LogP contribution in [0.1, 0.15) is 22.3 Å². The first-order chi connectivity index (χ1) is 28.2. The van der Waals surface area contributed by atoms with Crippen molar-refractivity contribution in [3.05, 3.63) is 205 Å². The zero-order valence-corrected chi connectivity index (χ0v) is 31.2. The Hall–Kier alpha value is -7.38. The molecule has 7 nitrogen and oxygen atoms in total. The van der Waals surface area contributed by atoms with Crippen LogP contribution >= 0.6 is 0 Å². The Morgan fingerprint density at radius 1 is 0.386 bits per heavy atom. The molecule has 10 aromatic rings. The summed E-state index contributed by atoms with van der Waals surface area (Å²) < 4.78 is 15.5. The number of imidazole rings is 2. The molecule has 7 heteroatoms. The van der Waals surface area contributed by atoms with Crippen LogP contribution in [0.3, 0.4) is 0 Å². The number of hydrogen-bond acceptors (Lipinski definition) is 3. The van der Waals surface area contributed by atoms with Crippen LogP contribution in [0.25, 0.3) is 67.2 Å². The molecule has 7 aliphatic heterocycles. The van der Waals surface area contributed by atoms with Crippen molar-refractivity contribution in [2.45, 2.75) is 26.2 Å². The summed E-state index contributed by atoms with van der Waals surface area (Å²) in [4.78, 5) is 0. The number of fused-ring (bicyclic) bond motifs is 2. The average Bonchev–Trinajstić information content (AvgIpc) is 3.99. The summed E-state index contributed by atoms with van der Waals surface area (Å²) in [6.07, 6.45) is 4.46. The lowest BCUT2D eigenvalue weighted by Crippen LogP contribution is -2.32. The molecule has 3 aromatic heterocycles. The second-order valence-electron chi connectivity index (χ2n) is 15.0. The Morgan fingerprint density at radius 3 is 1.25 bits per heavy atom. The Balaban J connectivity index is 0.967. The van der Waals surface area contributed by atoms with Gasteiger partial charge in [-0.2, -0.15) is 0 Å². The van der Waals surface area contributed by atoms with Gasteiger partial charge >= 0.3 is 0 Å². The number of para-hydroxylation sites is 4. The second-order valence-corrected chi connectivity index (χ2v) is 15.0. The summed E-state index contributed by atoms with van der Waals surface area (Å²) in [5.74, 6) is 1.01. The number of hydrogen-bond donors (Lipinski definition) is 0. The maximum atomic E-state index is 6.21. The first-order valence-electron chi connectivity index (χ1n) is 19.4. The highest BCUT2D eigenvalue weighted by Crippen LogP contribution is 2.29. The predicted molar refractivity (Wildman–Crippen MR) is 223 cm³/mol. The molecule has 0 unspecified atom stereocenters. The second kappa shape index (κ2) is 13.7. The number of aromatic nitrogens is 6. The fourth-order valence-corrected chi connectivity index (χ4v) is 8.22. The highest BCUT2D eigenvalue weighted by atomic mass is 16.4. The predicted octanol–water partition coefficient (Wildman–Crippen LogP) is 9.73. The van der Waals surface area contributed by atoms with Crippen LogP contribution in [-0.2, 0) is 26.2 Å². The minimum Gasteiger partial charge on any atom is -0.416 e. The molecule has 272 valence electrons. The van der Waals surface area contributed by atoms with Gasteiger partial charge in [-0.25, -0.2) is 18.3 Å². The molecular weight excluding hydrogens is 701 g/mol. The van der Waals surface area contributed by atoms with E-state index in [1.165, 1.54) is 66.6 Å². The topological polar surface area (TPSA) is 56.5 Å². The number of nitrogens with zero attached hydrogens (tertiary/aromatic N) is 6. The third-order valence-corrected chi connectivity index (χ3v) is 11.2. The van der Waals surface area contributed by atoms with E-state index >= 15 is 0 Å². The molecule has 10 heterocycles. The summed E-state index contributed by atoms with van der Waals surface area (Å²) in [5, 5.41) is 8.83. The van der Waals surface area contributed by atoms with Gasteiger partial charge in [0, 0.05) is 11.1 Å². The van der Waals surface area contributed by atoms with Gasteiger partial charge in [-0.15, -0.1) is 10.2 Å². The standard InChI is InChI=1S/C50H38N6O/c1-3-10-47-45(8-1)53-29-35-12-20-39(21-13-35)43-6-5-7-44(28-43)40-22-14-36(15-23-40)30-54-34-56(48-11-4-2-9-46(48)54)32-38-18-26-42(27-19-38)50-52-51-49(57-50)41-24-16-37(17-25-41)31-55(47)33-53/h1-28,33-34H,29-32H2/q+2. The van der Waals surface area contributed by atoms with Crippen LogP contribution in [0.5, 0.6) is 0 Å². The quantitative estimate of drug-likeness (QED) is 0.146. The van der Waals surface area contributed by atoms with E-state index in [4.69, 9.17) is 4.42 Å². The lowest BCUT2D eigenvalue weighted by atomic mass is 9.98. The van der Waals surface area contributed by atoms with Crippen molar-refractivity contribution in [3.8, 4) is 45.2 Å². The van der Waals surface area contributed by atoms with Crippen molar-refractivity contribution in [3.63, 3.8) is 0 Å². The van der Waals surface area contributed by atoms with E-state index in [-0.39, 0.29) is 0 Å². The van der Waals surface area contributed by atoms with Gasteiger partial charge in [-0.1, -0.05) is 115 Å². The van der Waals surface area contributed by atoms with Gasteiger partial charge in [0.05, 0.1) is 0 Å². The van der Waals surface area contributed by atoms with Gasteiger partial charge in [0.1, 0.15) is 26.2 Å². The van der Waals surface area contributed by atoms with Crippen LogP contribution in [0.4, 0.5) is 0 Å². The average molecular weight is 739 g/mol. The van der Waals surface area contributed by atoms with E-state index in [0.717, 1.165) is 37.3 Å². The van der Waals surface area contributed by atoms with Gasteiger partial charge in [0.15, 0.2) is 22.1 Å². The monoisotopic (exact) mass is 738 g/mol. The van der Waals surface area contributed by atoms with Gasteiger partial charge in [0.2, 0.25) is 24.4 Å². The molecule has 7 aliphatic rings. The van der Waals surface area contributed by atoms with Crippen LogP contribution in [0.15, 0.2) is 187 Å². The van der Waals surface area contributed by atoms with Crippen LogP contribution in [0, 0.1) is 0 Å². The molecule has 7 aromatic carbocycles. The molecule has 0 aliphatic carbocycles. The Labute approximate surface area is 330 Å². The highest BCUT2D eigenvalue weighted by Gasteiger charge is 2.19. The fraction of sp³-hybridized carbons (Fsp3) is 0.0800. The Kier molecular flexibility index (Phi) is 7.95. The largest absolute Gasteiger partial charge is 0.416 e. The molecule has 0 atom stereocenters. The van der Waals surface area contributed by atoms with E-state index in [9.17, 15) is 0 Å². The van der Waals surface area contributed by atoms with E-state index in [2.05, 4.69) is 211 Å². The lowest BCUT2D eigenvalue weighted by molar-refractivity contribution is -0.663. The van der Waals surface area contributed by atoms with Crippen molar-refractivity contribution in [1.82, 2.24) is 19.3 Å². The maximum absolute atomic E-state index is 6.21. The van der Waals surface area contributed by atoms with Gasteiger partial charge < -0.3 is 4.42 Å². The molecule has 0 spiro atoms. The SMILES string of the molecule is c1cc2cc(c1)-c1ccc(cc1)C[n+]1cn(c3ccccc31)Cc1ccc(cc1)-c1nnc(o1)-c1ccc(cc1)Cn1c[n+](c3ccccc31)Cc1ccc-2cc1. The van der Waals surface area contributed by atoms with Crippen LogP contribution < -0.4 is 9.13 Å². The molecule has 0 fully saturated rings. The molecule has 0 saturated carbocycles. The summed E-state index contributed by atoms with van der Waals surface area (Å²) in [7, 11) is 0. The molecule has 0 radical (unpaired) electrons. The minimum atomic E-state index is 0.507. The first-order valence-corrected chi connectivity index (χ1v) is 19.4. The molecule has 0 N–H and O–H groups in total.